The van der Waals surface area contributed by atoms with Crippen LogP contribution in [0.5, 0.6) is 0 Å². The Kier molecular flexibility index (Phi) is 5.27. The molecule has 35 heavy (non-hydrogen) atoms. The van der Waals surface area contributed by atoms with Crippen molar-refractivity contribution in [1.82, 2.24) is 14.1 Å². The molecule has 6 rings (SSSR count). The highest BCUT2D eigenvalue weighted by molar-refractivity contribution is 6.31. The molecule has 1 N–H and O–H groups in total. The van der Waals surface area contributed by atoms with Gasteiger partial charge < -0.3 is 9.84 Å². The number of halogens is 1. The fourth-order valence-electron chi connectivity index (χ4n) is 5.32. The molecule has 7 nitrogen and oxygen atoms in total. The summed E-state index contributed by atoms with van der Waals surface area (Å²) in [6.45, 7) is 1.55. The quantitative estimate of drug-likeness (QED) is 0.427. The summed E-state index contributed by atoms with van der Waals surface area (Å²) in [4.78, 5) is 30.1. The van der Waals surface area contributed by atoms with E-state index in [9.17, 15) is 14.7 Å². The fourth-order valence-corrected chi connectivity index (χ4v) is 5.47. The van der Waals surface area contributed by atoms with E-state index < -0.39 is 11.5 Å². The second-order valence-corrected chi connectivity index (χ2v) is 9.78. The molecule has 1 aliphatic heterocycles. The zero-order valence-corrected chi connectivity index (χ0v) is 19.7. The first-order chi connectivity index (χ1) is 17.0. The number of benzene rings is 2. The molecule has 0 radical (unpaired) electrons. The van der Waals surface area contributed by atoms with Gasteiger partial charge in [0.1, 0.15) is 0 Å². The van der Waals surface area contributed by atoms with Crippen molar-refractivity contribution in [3.63, 3.8) is 0 Å². The maximum absolute atomic E-state index is 14.0. The van der Waals surface area contributed by atoms with E-state index in [0.717, 1.165) is 50.1 Å². The molecule has 1 saturated heterocycles. The van der Waals surface area contributed by atoms with Gasteiger partial charge in [0.2, 0.25) is 0 Å². The second-order valence-electron chi connectivity index (χ2n) is 9.35. The van der Waals surface area contributed by atoms with Crippen molar-refractivity contribution >= 4 is 28.7 Å². The van der Waals surface area contributed by atoms with Gasteiger partial charge in [-0.05, 0) is 73.1 Å². The summed E-state index contributed by atoms with van der Waals surface area (Å²) in [5.74, 6) is -0.532. The number of carboxylic acid groups (broad SMARTS) is 1. The van der Waals surface area contributed by atoms with E-state index in [4.69, 9.17) is 16.3 Å². The molecule has 8 heteroatoms. The van der Waals surface area contributed by atoms with Gasteiger partial charge in [0.15, 0.2) is 5.65 Å². The van der Waals surface area contributed by atoms with E-state index >= 15 is 0 Å². The largest absolute Gasteiger partial charge is 0.478 e. The van der Waals surface area contributed by atoms with Gasteiger partial charge in [0, 0.05) is 19.4 Å². The van der Waals surface area contributed by atoms with E-state index in [1.807, 2.05) is 18.2 Å². The second kappa shape index (κ2) is 8.36. The maximum Gasteiger partial charge on any atom is 0.335 e. The summed E-state index contributed by atoms with van der Waals surface area (Å²) in [7, 11) is 0. The van der Waals surface area contributed by atoms with Gasteiger partial charge in [-0.25, -0.2) is 14.6 Å². The van der Waals surface area contributed by atoms with Crippen LogP contribution in [0.15, 0.2) is 65.6 Å². The molecule has 3 heterocycles. The van der Waals surface area contributed by atoms with Gasteiger partial charge in [-0.15, -0.1) is 0 Å². The number of imidazole rings is 1. The van der Waals surface area contributed by atoms with Gasteiger partial charge in [0.25, 0.3) is 0 Å². The molecule has 0 spiro atoms. The van der Waals surface area contributed by atoms with E-state index in [2.05, 4.69) is 17.1 Å². The number of carbonyl (C=O) groups is 1. The molecule has 1 aliphatic carbocycles. The minimum Gasteiger partial charge on any atom is -0.478 e. The number of pyridine rings is 1. The number of fused-ring (bicyclic) bond motifs is 1. The van der Waals surface area contributed by atoms with Crippen LogP contribution in [0.1, 0.15) is 53.1 Å². The molecule has 0 atom stereocenters. The first-order valence-electron chi connectivity index (χ1n) is 11.8. The molecule has 2 aromatic heterocycles. The highest BCUT2D eigenvalue weighted by atomic mass is 35.5. The van der Waals surface area contributed by atoms with Crippen LogP contribution < -0.4 is 5.69 Å². The van der Waals surface area contributed by atoms with Crippen LogP contribution >= 0.6 is 11.6 Å². The lowest BCUT2D eigenvalue weighted by Crippen LogP contribution is -2.32. The molecule has 4 aromatic rings. The number of ether oxygens (including phenoxy) is 1. The molecular weight excluding hydrogens is 466 g/mol. The van der Waals surface area contributed by atoms with Crippen molar-refractivity contribution in [2.75, 3.05) is 13.2 Å². The molecule has 2 fully saturated rings. The van der Waals surface area contributed by atoms with Crippen LogP contribution in [0.2, 0.25) is 5.02 Å². The molecule has 2 aromatic carbocycles. The molecule has 0 bridgehead atoms. The zero-order chi connectivity index (χ0) is 24.2. The molecule has 178 valence electrons. The molecule has 1 saturated carbocycles. The Labute approximate surface area is 206 Å². The van der Waals surface area contributed by atoms with Gasteiger partial charge in [-0.3, -0.25) is 9.13 Å². The Morgan fingerprint density at radius 3 is 2.51 bits per heavy atom. The van der Waals surface area contributed by atoms with Gasteiger partial charge in [-0.2, -0.15) is 0 Å². The molecule has 0 unspecified atom stereocenters. The van der Waals surface area contributed by atoms with E-state index in [0.29, 0.717) is 22.1 Å². The van der Waals surface area contributed by atoms with Crippen LogP contribution in [0, 0.1) is 0 Å². The third kappa shape index (κ3) is 3.66. The number of hydrogen-bond donors (Lipinski definition) is 1. The maximum atomic E-state index is 14.0. The van der Waals surface area contributed by atoms with E-state index in [1.165, 1.54) is 5.56 Å². The van der Waals surface area contributed by atoms with Crippen molar-refractivity contribution in [3.8, 4) is 5.69 Å². The van der Waals surface area contributed by atoms with Gasteiger partial charge in [0.05, 0.1) is 27.3 Å². The lowest BCUT2D eigenvalue weighted by atomic mass is 9.92. The normalized spacial score (nSPS) is 17.5. The predicted octanol–water partition coefficient (Wildman–Crippen LogP) is 4.97. The highest BCUT2D eigenvalue weighted by Crippen LogP contribution is 2.50. The number of nitrogens with zero attached hydrogens (tertiary/aromatic N) is 3. The van der Waals surface area contributed by atoms with Crippen LogP contribution in [0.4, 0.5) is 0 Å². The molecule has 0 amide bonds. The summed E-state index contributed by atoms with van der Waals surface area (Å²) >= 11 is 6.30. The van der Waals surface area contributed by atoms with Crippen molar-refractivity contribution < 1.29 is 14.6 Å². The number of aromatic nitrogens is 3. The monoisotopic (exact) mass is 489 g/mol. The summed E-state index contributed by atoms with van der Waals surface area (Å²) in [5, 5.41) is 9.93. The van der Waals surface area contributed by atoms with Crippen LogP contribution in [0.25, 0.3) is 16.9 Å². The molecular formula is C27H24ClN3O4. The van der Waals surface area contributed by atoms with Crippen LogP contribution in [-0.4, -0.2) is 38.4 Å². The number of aromatic carboxylic acids is 1. The summed E-state index contributed by atoms with van der Waals surface area (Å²) in [6.07, 6.45) is 4.98. The Bertz CT molecular complexity index is 1500. The average Bonchev–Trinajstić information content (AvgIpc) is 3.63. The lowest BCUT2D eigenvalue weighted by Gasteiger charge is -2.22. The van der Waals surface area contributed by atoms with Crippen LogP contribution in [0.3, 0.4) is 0 Å². The first kappa shape index (κ1) is 22.1. The number of hydrogen-bond acceptors (Lipinski definition) is 4. The first-order valence-corrected chi connectivity index (χ1v) is 12.2. The standard InChI is InChI=1S/C27H24ClN3O4/c28-21-15-23-24(29-16-21)31(27(10-11-27)20-3-1-2-19(14-20)25(32)33)26(34)30(23)22-6-4-17(5-7-22)18-8-12-35-13-9-18/h1-7,14-16,18H,8-13H2,(H,32,33). The van der Waals surface area contributed by atoms with Crippen molar-refractivity contribution in [2.45, 2.75) is 37.1 Å². The topological polar surface area (TPSA) is 86.3 Å². The van der Waals surface area contributed by atoms with Crippen molar-refractivity contribution in [3.05, 3.63) is 93.0 Å². The smallest absolute Gasteiger partial charge is 0.335 e. The van der Waals surface area contributed by atoms with E-state index in [-0.39, 0.29) is 11.3 Å². The average molecular weight is 490 g/mol. The van der Waals surface area contributed by atoms with Crippen molar-refractivity contribution in [2.24, 2.45) is 0 Å². The Morgan fingerprint density at radius 2 is 1.83 bits per heavy atom. The SMILES string of the molecule is O=C(O)c1cccc(C2(n3c(=O)n(-c4ccc(C5CCOCC5)cc4)c4cc(Cl)cnc43)CC2)c1. The Morgan fingerprint density at radius 1 is 1.09 bits per heavy atom. The minimum absolute atomic E-state index is 0.199. The number of carboxylic acids is 1. The zero-order valence-electron chi connectivity index (χ0n) is 19.0. The van der Waals surface area contributed by atoms with Gasteiger partial charge >= 0.3 is 11.7 Å². The summed E-state index contributed by atoms with van der Waals surface area (Å²) in [5.41, 5.74) is 3.30. The van der Waals surface area contributed by atoms with Crippen LogP contribution in [-0.2, 0) is 10.3 Å². The number of rotatable bonds is 5. The van der Waals surface area contributed by atoms with E-state index in [1.54, 1.807) is 39.6 Å². The summed E-state index contributed by atoms with van der Waals surface area (Å²) in [6, 6.07) is 16.7. The third-order valence-electron chi connectivity index (χ3n) is 7.29. The summed E-state index contributed by atoms with van der Waals surface area (Å²) < 4.78 is 8.86. The Hall–Kier alpha value is -3.42. The predicted molar refractivity (Wildman–Crippen MR) is 133 cm³/mol. The third-order valence-corrected chi connectivity index (χ3v) is 7.50. The minimum atomic E-state index is -0.994. The highest BCUT2D eigenvalue weighted by Gasteiger charge is 2.49. The molecule has 2 aliphatic rings. The lowest BCUT2D eigenvalue weighted by molar-refractivity contribution is 0.0696. The fraction of sp³-hybridized carbons (Fsp3) is 0.296. The van der Waals surface area contributed by atoms with Gasteiger partial charge in [-0.1, -0.05) is 35.9 Å². The Balaban J connectivity index is 1.50. The van der Waals surface area contributed by atoms with Crippen molar-refractivity contribution in [1.29, 1.82) is 0 Å².